The van der Waals surface area contributed by atoms with Crippen LogP contribution in [-0.4, -0.2) is 30.4 Å². The summed E-state index contributed by atoms with van der Waals surface area (Å²) in [5.74, 6) is 0.309. The zero-order valence-electron chi connectivity index (χ0n) is 22.3. The van der Waals surface area contributed by atoms with Gasteiger partial charge in [0.05, 0.1) is 6.61 Å². The predicted molar refractivity (Wildman–Crippen MR) is 131 cm³/mol. The molecule has 0 aromatic carbocycles. The Morgan fingerprint density at radius 2 is 1.62 bits per heavy atom. The second-order valence-electron chi connectivity index (χ2n) is 13.3. The van der Waals surface area contributed by atoms with Crippen LogP contribution in [0.4, 0.5) is 0 Å². The molecule has 8 atom stereocenters. The van der Waals surface area contributed by atoms with Gasteiger partial charge in [0.2, 0.25) is 0 Å². The predicted octanol–water partition coefficient (Wildman–Crippen LogP) is 5.90. The smallest absolute Gasteiger partial charge is 0.302 e. The third-order valence-corrected chi connectivity index (χ3v) is 11.0. The van der Waals surface area contributed by atoms with Crippen molar-refractivity contribution in [1.82, 2.24) is 0 Å². The van der Waals surface area contributed by atoms with Crippen molar-refractivity contribution in [2.24, 2.45) is 45.3 Å². The summed E-state index contributed by atoms with van der Waals surface area (Å²) in [6.45, 7) is 19.1. The topological polar surface area (TPSA) is 69.7 Å². The average Bonchev–Trinajstić information content (AvgIpc) is 2.67. The van der Waals surface area contributed by atoms with Crippen LogP contribution >= 0.6 is 0 Å². The first-order valence-electron chi connectivity index (χ1n) is 13.2. The Bertz CT molecular complexity index is 904. The van der Waals surface area contributed by atoms with Gasteiger partial charge in [-0.3, -0.25) is 14.4 Å². The van der Waals surface area contributed by atoms with Gasteiger partial charge in [-0.1, -0.05) is 47.6 Å². The lowest BCUT2D eigenvalue weighted by Crippen LogP contribution is -2.67. The van der Waals surface area contributed by atoms with Crippen molar-refractivity contribution >= 4 is 17.7 Å². The zero-order chi connectivity index (χ0) is 25.3. The number of carbonyl (C=O) groups is 3. The second-order valence-corrected chi connectivity index (χ2v) is 13.3. The molecule has 4 aliphatic rings. The zero-order valence-corrected chi connectivity index (χ0v) is 22.3. The highest BCUT2D eigenvalue weighted by molar-refractivity contribution is 5.96. The molecule has 0 spiro atoms. The third kappa shape index (κ3) is 3.67. The number of fused-ring (bicyclic) bond motifs is 5. The molecule has 190 valence electrons. The molecular weight excluding hydrogens is 428 g/mol. The first-order valence-corrected chi connectivity index (χ1v) is 13.2. The maximum Gasteiger partial charge on any atom is 0.302 e. The number of esters is 2. The molecule has 4 saturated carbocycles. The monoisotopic (exact) mass is 472 g/mol. The molecule has 0 unspecified atom stereocenters. The maximum atomic E-state index is 13.3. The van der Waals surface area contributed by atoms with Crippen molar-refractivity contribution in [2.75, 3.05) is 6.61 Å². The van der Waals surface area contributed by atoms with Gasteiger partial charge in [-0.15, -0.1) is 0 Å². The summed E-state index contributed by atoms with van der Waals surface area (Å²) in [4.78, 5) is 37.2. The van der Waals surface area contributed by atoms with Gasteiger partial charge in [0, 0.05) is 32.1 Å². The van der Waals surface area contributed by atoms with Crippen molar-refractivity contribution in [3.63, 3.8) is 0 Å². The van der Waals surface area contributed by atoms with E-state index in [1.807, 2.05) is 0 Å². The summed E-state index contributed by atoms with van der Waals surface area (Å²) >= 11 is 0. The quantitative estimate of drug-likeness (QED) is 0.378. The summed E-state index contributed by atoms with van der Waals surface area (Å²) in [5.41, 5.74) is 0.441. The molecule has 0 radical (unpaired) electrons. The Balaban J connectivity index is 1.80. The van der Waals surface area contributed by atoms with Gasteiger partial charge in [0.1, 0.15) is 6.10 Å². The number of hydrogen-bond acceptors (Lipinski definition) is 5. The van der Waals surface area contributed by atoms with Crippen molar-refractivity contribution in [1.29, 1.82) is 0 Å². The highest BCUT2D eigenvalue weighted by Crippen LogP contribution is 2.73. The molecule has 5 nitrogen and oxygen atoms in total. The Hall–Kier alpha value is -1.65. The van der Waals surface area contributed by atoms with E-state index in [2.05, 4.69) is 41.2 Å². The number of rotatable bonds is 3. The van der Waals surface area contributed by atoms with Gasteiger partial charge in [-0.2, -0.15) is 0 Å². The van der Waals surface area contributed by atoms with Crippen LogP contribution in [0, 0.1) is 45.3 Å². The molecule has 0 N–H and O–H groups in total. The molecule has 4 fully saturated rings. The summed E-state index contributed by atoms with van der Waals surface area (Å²) in [7, 11) is 0. The lowest BCUT2D eigenvalue weighted by molar-refractivity contribution is -0.245. The van der Waals surface area contributed by atoms with Crippen LogP contribution in [0.5, 0.6) is 0 Å². The van der Waals surface area contributed by atoms with Crippen molar-refractivity contribution in [2.45, 2.75) is 99.5 Å². The van der Waals surface area contributed by atoms with Gasteiger partial charge >= 0.3 is 11.9 Å². The van der Waals surface area contributed by atoms with Gasteiger partial charge in [-0.05, 0) is 71.2 Å². The average molecular weight is 473 g/mol. The normalized spacial score (nSPS) is 45.4. The molecular formula is C29H44O5. The van der Waals surface area contributed by atoms with Crippen molar-refractivity contribution in [3.05, 3.63) is 12.2 Å². The molecule has 4 rings (SSSR count). The maximum absolute atomic E-state index is 13.3. The van der Waals surface area contributed by atoms with E-state index in [0.29, 0.717) is 23.8 Å². The molecule has 4 aliphatic carbocycles. The molecule has 0 aromatic rings. The summed E-state index contributed by atoms with van der Waals surface area (Å²) in [5, 5.41) is 0. The molecule has 0 aliphatic heterocycles. The van der Waals surface area contributed by atoms with Crippen LogP contribution in [0.3, 0.4) is 0 Å². The van der Waals surface area contributed by atoms with E-state index >= 15 is 0 Å². The van der Waals surface area contributed by atoms with Gasteiger partial charge in [0.25, 0.3) is 0 Å². The van der Waals surface area contributed by atoms with E-state index < -0.39 is 0 Å². The van der Waals surface area contributed by atoms with E-state index in [9.17, 15) is 14.4 Å². The van der Waals surface area contributed by atoms with Crippen LogP contribution in [0.1, 0.15) is 93.4 Å². The highest BCUT2D eigenvalue weighted by Gasteiger charge is 2.69. The Kier molecular flexibility index (Phi) is 6.13. The minimum atomic E-state index is -0.321. The van der Waals surface area contributed by atoms with Crippen LogP contribution in [0.15, 0.2) is 12.2 Å². The van der Waals surface area contributed by atoms with E-state index in [1.165, 1.54) is 20.3 Å². The lowest BCUT2D eigenvalue weighted by Gasteiger charge is -2.71. The Labute approximate surface area is 205 Å². The minimum Gasteiger partial charge on any atom is -0.465 e. The van der Waals surface area contributed by atoms with E-state index in [0.717, 1.165) is 32.1 Å². The molecule has 0 saturated heterocycles. The summed E-state index contributed by atoms with van der Waals surface area (Å²) in [6, 6.07) is 0. The first kappa shape index (κ1) is 25.4. The second kappa shape index (κ2) is 8.20. The molecule has 34 heavy (non-hydrogen) atoms. The van der Waals surface area contributed by atoms with Crippen LogP contribution < -0.4 is 0 Å². The minimum absolute atomic E-state index is 0.0546. The number of hydrogen-bond donors (Lipinski definition) is 0. The third-order valence-electron chi connectivity index (χ3n) is 11.0. The SMILES string of the molecule is C=C1C(=O)C[C@H]2[C@]3(C)C[C@H](OC(C)=O)[C@H]4C(C)(C)CCC[C@]4(C)[C@H]3CC[C@]2(C)[C@@H]1COC(C)=O. The van der Waals surface area contributed by atoms with Crippen LogP contribution in [0.2, 0.25) is 0 Å². The van der Waals surface area contributed by atoms with E-state index in [-0.39, 0.29) is 63.9 Å². The number of ether oxygens (including phenoxy) is 2. The number of carbonyl (C=O) groups excluding carboxylic acids is 3. The first-order chi connectivity index (χ1) is 15.7. The van der Waals surface area contributed by atoms with Crippen LogP contribution in [0.25, 0.3) is 0 Å². The number of ketones is 1. The van der Waals surface area contributed by atoms with Crippen molar-refractivity contribution in [3.8, 4) is 0 Å². The summed E-state index contributed by atoms with van der Waals surface area (Å²) < 4.78 is 11.6. The van der Waals surface area contributed by atoms with Crippen LogP contribution in [-0.2, 0) is 23.9 Å². The van der Waals surface area contributed by atoms with E-state index in [1.54, 1.807) is 0 Å². The highest BCUT2D eigenvalue weighted by atomic mass is 16.5. The Morgan fingerprint density at radius 1 is 0.941 bits per heavy atom. The van der Waals surface area contributed by atoms with Gasteiger partial charge in [-0.25, -0.2) is 0 Å². The molecule has 0 heterocycles. The fourth-order valence-electron chi connectivity index (χ4n) is 9.93. The molecule has 0 amide bonds. The Morgan fingerprint density at radius 3 is 2.24 bits per heavy atom. The molecule has 5 heteroatoms. The molecule has 0 aromatic heterocycles. The fourth-order valence-corrected chi connectivity index (χ4v) is 9.93. The standard InChI is InChI=1S/C29H44O5/c1-17-20(16-33-18(2)30)27(6)13-10-23-28(7)12-9-11-26(4,5)25(28)22(34-19(3)31)15-29(23,8)24(27)14-21(17)32/h20,22-25H,1,9-16H2,2-8H3/t20-,22+,23-,24-,25+,27-,28-,29-/m1/s1. The van der Waals surface area contributed by atoms with Gasteiger partial charge < -0.3 is 9.47 Å². The summed E-state index contributed by atoms with van der Waals surface area (Å²) in [6.07, 6.45) is 6.68. The molecule has 0 bridgehead atoms. The van der Waals surface area contributed by atoms with Gasteiger partial charge in [0.15, 0.2) is 5.78 Å². The largest absolute Gasteiger partial charge is 0.465 e. The van der Waals surface area contributed by atoms with E-state index in [4.69, 9.17) is 9.47 Å². The number of Topliss-reactive ketones (excluding diaryl/α,β-unsaturated/α-hetero) is 1. The lowest BCUT2D eigenvalue weighted by atomic mass is 9.34. The van der Waals surface area contributed by atoms with Crippen molar-refractivity contribution < 1.29 is 23.9 Å². The fraction of sp³-hybridized carbons (Fsp3) is 0.828.